The lowest BCUT2D eigenvalue weighted by Crippen LogP contribution is -2.57. The van der Waals surface area contributed by atoms with E-state index in [1.807, 2.05) is 19.9 Å². The molecule has 0 bridgehead atoms. The van der Waals surface area contributed by atoms with E-state index in [-0.39, 0.29) is 32.0 Å². The van der Waals surface area contributed by atoms with E-state index in [1.54, 1.807) is 0 Å². The predicted molar refractivity (Wildman–Crippen MR) is 54.5 cm³/mol. The molecule has 1 aromatic heterocycles. The summed E-state index contributed by atoms with van der Waals surface area (Å²) in [5.74, 6) is 0. The summed E-state index contributed by atoms with van der Waals surface area (Å²) < 4.78 is 3.01. The van der Waals surface area contributed by atoms with Crippen molar-refractivity contribution in [2.24, 2.45) is 0 Å². The van der Waals surface area contributed by atoms with E-state index in [0.29, 0.717) is 0 Å². The van der Waals surface area contributed by atoms with E-state index in [0.717, 1.165) is 11.4 Å². The van der Waals surface area contributed by atoms with Crippen LogP contribution in [0.15, 0.2) is 10.9 Å². The van der Waals surface area contributed by atoms with Crippen molar-refractivity contribution < 1.29 is 14.8 Å². The van der Waals surface area contributed by atoms with Crippen LogP contribution in [0.1, 0.15) is 11.4 Å². The van der Waals surface area contributed by atoms with Crippen LogP contribution in [0, 0.1) is 13.8 Å². The zero-order valence-electron chi connectivity index (χ0n) is 9.10. The van der Waals surface area contributed by atoms with Crippen LogP contribution in [-0.4, -0.2) is 28.0 Å². The second-order valence-corrected chi connectivity index (χ2v) is 3.46. The molecule has 0 atom stereocenters. The Labute approximate surface area is 88.2 Å². The van der Waals surface area contributed by atoms with Gasteiger partial charge in [0, 0.05) is 6.07 Å². The number of aromatic nitrogens is 2. The molecule has 1 heterocycles. The third kappa shape index (κ3) is 2.43. The average Bonchev–Trinajstić information content (AvgIpc) is 2.19. The van der Waals surface area contributed by atoms with Crippen molar-refractivity contribution in [3.63, 3.8) is 0 Å². The minimum Gasteiger partial charge on any atom is -0.392 e. The minimum atomic E-state index is -0.185. The second-order valence-electron chi connectivity index (χ2n) is 3.46. The van der Waals surface area contributed by atoms with Gasteiger partial charge in [-0.3, -0.25) is 0 Å². The normalized spacial score (nSPS) is 10.7. The summed E-state index contributed by atoms with van der Waals surface area (Å²) in [5, 5.41) is 17.7. The van der Waals surface area contributed by atoms with Crippen molar-refractivity contribution in [1.82, 2.24) is 4.57 Å². The first-order chi connectivity index (χ1) is 7.11. The Morgan fingerprint density at radius 3 is 2.53 bits per heavy atom. The molecule has 0 spiro atoms. The fourth-order valence-electron chi connectivity index (χ4n) is 1.65. The van der Waals surface area contributed by atoms with Gasteiger partial charge < -0.3 is 10.2 Å². The van der Waals surface area contributed by atoms with E-state index in [2.05, 4.69) is 0 Å². The van der Waals surface area contributed by atoms with Gasteiger partial charge in [-0.25, -0.2) is 0 Å². The topological polar surface area (TPSA) is 66.3 Å². The van der Waals surface area contributed by atoms with Crippen LogP contribution in [0.4, 0.5) is 0 Å². The number of aliphatic hydroxyl groups excluding tert-OH is 2. The summed E-state index contributed by atoms with van der Waals surface area (Å²) in [6.07, 6.45) is 0. The molecular weight excluding hydrogens is 196 g/mol. The van der Waals surface area contributed by atoms with Gasteiger partial charge >= 0.3 is 5.69 Å². The predicted octanol–water partition coefficient (Wildman–Crippen LogP) is -1.26. The van der Waals surface area contributed by atoms with Crippen LogP contribution >= 0.6 is 0 Å². The van der Waals surface area contributed by atoms with E-state index in [4.69, 9.17) is 10.2 Å². The van der Waals surface area contributed by atoms with Gasteiger partial charge in [0.1, 0.15) is 24.5 Å². The fourth-order valence-corrected chi connectivity index (χ4v) is 1.65. The van der Waals surface area contributed by atoms with Crippen molar-refractivity contribution in [2.45, 2.75) is 26.9 Å². The molecule has 5 nitrogen and oxygen atoms in total. The summed E-state index contributed by atoms with van der Waals surface area (Å²) >= 11 is 0. The van der Waals surface area contributed by atoms with Crippen molar-refractivity contribution in [3.8, 4) is 0 Å². The summed E-state index contributed by atoms with van der Waals surface area (Å²) in [5.41, 5.74) is 1.46. The number of nitrogens with zero attached hydrogens (tertiary/aromatic N) is 2. The molecule has 15 heavy (non-hydrogen) atoms. The Morgan fingerprint density at radius 1 is 1.33 bits per heavy atom. The van der Waals surface area contributed by atoms with Gasteiger partial charge in [0.15, 0.2) is 0 Å². The molecule has 84 valence electrons. The summed E-state index contributed by atoms with van der Waals surface area (Å²) in [6, 6.07) is 1.87. The number of hydrogen-bond donors (Lipinski definition) is 2. The Hall–Kier alpha value is -1.20. The highest BCUT2D eigenvalue weighted by Gasteiger charge is 2.15. The molecule has 0 unspecified atom stereocenters. The number of aryl methyl sites for hydroxylation is 2. The molecule has 0 aromatic carbocycles. The quantitative estimate of drug-likeness (QED) is 0.613. The first-order valence-corrected chi connectivity index (χ1v) is 4.94. The smallest absolute Gasteiger partial charge is 0.392 e. The lowest BCUT2D eigenvalue weighted by Gasteiger charge is -2.06. The van der Waals surface area contributed by atoms with Gasteiger partial charge in [-0.2, -0.15) is 13.9 Å². The zero-order chi connectivity index (χ0) is 11.4. The van der Waals surface area contributed by atoms with Crippen molar-refractivity contribution in [2.75, 3.05) is 13.2 Å². The molecule has 1 aromatic rings. The monoisotopic (exact) mass is 213 g/mol. The molecule has 0 saturated carbocycles. The van der Waals surface area contributed by atoms with Crippen molar-refractivity contribution in [3.05, 3.63) is 27.9 Å². The second kappa shape index (κ2) is 5.04. The molecular formula is C10H17N2O3+. The first-order valence-electron chi connectivity index (χ1n) is 4.94. The molecule has 2 N–H and O–H groups in total. The lowest BCUT2D eigenvalue weighted by atomic mass is 10.3. The van der Waals surface area contributed by atoms with Crippen LogP contribution in [0.3, 0.4) is 0 Å². The molecule has 1 rings (SSSR count). The highest BCUT2D eigenvalue weighted by atomic mass is 16.3. The number of hydrogen-bond acceptors (Lipinski definition) is 3. The van der Waals surface area contributed by atoms with Crippen molar-refractivity contribution >= 4 is 0 Å². The maximum Gasteiger partial charge on any atom is 0.498 e. The number of rotatable bonds is 4. The van der Waals surface area contributed by atoms with Crippen LogP contribution in [0.25, 0.3) is 0 Å². The van der Waals surface area contributed by atoms with Gasteiger partial charge in [0.05, 0.1) is 13.2 Å². The molecule has 5 heteroatoms. The first kappa shape index (κ1) is 11.9. The van der Waals surface area contributed by atoms with Gasteiger partial charge in [-0.15, -0.1) is 0 Å². The molecule has 0 fully saturated rings. The van der Waals surface area contributed by atoms with Crippen LogP contribution in [0.5, 0.6) is 0 Å². The van der Waals surface area contributed by atoms with Gasteiger partial charge in [0.25, 0.3) is 0 Å². The van der Waals surface area contributed by atoms with Crippen LogP contribution in [0.2, 0.25) is 0 Å². The fraction of sp³-hybridized carbons (Fsp3) is 0.600. The molecule has 0 radical (unpaired) electrons. The SMILES string of the molecule is Cc1cc(C)[n+](CCO)c(=O)n1CCO. The van der Waals surface area contributed by atoms with E-state index >= 15 is 0 Å². The summed E-state index contributed by atoms with van der Waals surface area (Å²) in [6.45, 7) is 4.10. The highest BCUT2D eigenvalue weighted by Crippen LogP contribution is 1.95. The standard InChI is InChI=1S/C10H17N2O3/c1-8-7-9(2)12(4-6-14)10(15)11(8)3-5-13/h7,13-14H,3-6H2,1-2H3/q+1. The Balaban J connectivity index is 3.29. The van der Waals surface area contributed by atoms with Gasteiger partial charge in [-0.1, -0.05) is 0 Å². The average molecular weight is 213 g/mol. The summed E-state index contributed by atoms with van der Waals surface area (Å²) in [7, 11) is 0. The maximum atomic E-state index is 11.9. The number of aliphatic hydroxyl groups is 2. The minimum absolute atomic E-state index is 0.0665. The maximum absolute atomic E-state index is 11.9. The largest absolute Gasteiger partial charge is 0.498 e. The van der Waals surface area contributed by atoms with Crippen molar-refractivity contribution in [1.29, 1.82) is 0 Å². The Morgan fingerprint density at radius 2 is 2.00 bits per heavy atom. The lowest BCUT2D eigenvalue weighted by molar-refractivity contribution is -0.722. The van der Waals surface area contributed by atoms with E-state index < -0.39 is 0 Å². The van der Waals surface area contributed by atoms with Gasteiger partial charge in [-0.05, 0) is 13.8 Å². The third-order valence-corrected chi connectivity index (χ3v) is 2.38. The molecule has 0 aliphatic heterocycles. The third-order valence-electron chi connectivity index (χ3n) is 2.38. The van der Waals surface area contributed by atoms with E-state index in [1.165, 1.54) is 9.13 Å². The molecule has 0 aliphatic carbocycles. The van der Waals surface area contributed by atoms with Crippen LogP contribution in [-0.2, 0) is 13.1 Å². The highest BCUT2D eigenvalue weighted by molar-refractivity contribution is 5.02. The molecule has 0 saturated heterocycles. The summed E-state index contributed by atoms with van der Waals surface area (Å²) in [4.78, 5) is 11.9. The molecule has 0 amide bonds. The van der Waals surface area contributed by atoms with Gasteiger partial charge in [0.2, 0.25) is 0 Å². The Kier molecular flexibility index (Phi) is 3.99. The Bertz CT molecular complexity index is 365. The zero-order valence-corrected chi connectivity index (χ0v) is 9.10. The van der Waals surface area contributed by atoms with Crippen LogP contribution < -0.4 is 10.3 Å². The molecule has 0 aliphatic rings. The van der Waals surface area contributed by atoms with E-state index in [9.17, 15) is 4.79 Å².